The Morgan fingerprint density at radius 2 is 1.04 bits per heavy atom. The van der Waals surface area contributed by atoms with Crippen molar-refractivity contribution in [3.63, 3.8) is 0 Å². The number of ether oxygens (including phenoxy) is 2. The molecule has 1 aliphatic heterocycles. The highest BCUT2D eigenvalue weighted by molar-refractivity contribution is 6.10. The third-order valence-corrected chi connectivity index (χ3v) is 9.74. The van der Waals surface area contributed by atoms with Crippen LogP contribution in [0.1, 0.15) is 0 Å². The summed E-state index contributed by atoms with van der Waals surface area (Å²) in [6.45, 7) is 0. The SMILES string of the molecule is c1ccc(-n2c3ccccc3c3ccc(-c4cccc5c4-c4ccc(-c6ccccn6)cc4Oc4ccccc4-c4ccccc4O5)cc32)cc1. The number of hydrogen-bond donors (Lipinski definition) is 0. The Morgan fingerprint density at radius 3 is 1.84 bits per heavy atom. The molecule has 240 valence electrons. The summed E-state index contributed by atoms with van der Waals surface area (Å²) in [5.74, 6) is 2.99. The maximum absolute atomic E-state index is 6.98. The van der Waals surface area contributed by atoms with Crippen LogP contribution in [0.25, 0.3) is 72.1 Å². The molecule has 0 radical (unpaired) electrons. The number of hydrogen-bond acceptors (Lipinski definition) is 3. The van der Waals surface area contributed by atoms with Crippen molar-refractivity contribution in [3.05, 3.63) is 182 Å². The van der Waals surface area contributed by atoms with Crippen LogP contribution in [0.3, 0.4) is 0 Å². The Bertz CT molecular complexity index is 2750. The minimum Gasteiger partial charge on any atom is -0.456 e. The monoisotopic (exact) mass is 654 g/mol. The quantitative estimate of drug-likeness (QED) is 0.190. The highest BCUT2D eigenvalue weighted by Gasteiger charge is 2.24. The Labute approximate surface area is 295 Å². The van der Waals surface area contributed by atoms with Crippen LogP contribution in [-0.4, -0.2) is 9.55 Å². The number of para-hydroxylation sites is 4. The van der Waals surface area contributed by atoms with Gasteiger partial charge in [-0.25, -0.2) is 0 Å². The summed E-state index contributed by atoms with van der Waals surface area (Å²) in [5, 5.41) is 2.43. The zero-order valence-corrected chi connectivity index (χ0v) is 27.5. The van der Waals surface area contributed by atoms with E-state index in [4.69, 9.17) is 9.47 Å². The fraction of sp³-hybridized carbons (Fsp3) is 0. The third-order valence-electron chi connectivity index (χ3n) is 9.74. The first-order valence-electron chi connectivity index (χ1n) is 17.1. The number of benzene rings is 7. The zero-order valence-electron chi connectivity index (χ0n) is 27.5. The van der Waals surface area contributed by atoms with E-state index in [1.54, 1.807) is 0 Å². The molecule has 0 amide bonds. The molecule has 2 aromatic heterocycles. The topological polar surface area (TPSA) is 36.3 Å². The van der Waals surface area contributed by atoms with E-state index in [1.807, 2.05) is 60.8 Å². The summed E-state index contributed by atoms with van der Waals surface area (Å²) in [6, 6.07) is 60.9. The standard InChI is InChI=1S/C47H30N2O2/c1-2-13-33(14-3-1)49-41-20-7-4-15-35(41)36-26-24-31(29-42(36)49)34-18-12-23-45-47(34)39-27-25-32(40-19-10-11-28-48-40)30-46(39)51-44-22-9-6-17-38(44)37-16-5-8-21-43(37)50-45/h1-30H. The normalized spacial score (nSPS) is 11.8. The molecule has 0 atom stereocenters. The summed E-state index contributed by atoms with van der Waals surface area (Å²) in [6.07, 6.45) is 1.82. The lowest BCUT2D eigenvalue weighted by Gasteiger charge is -2.23. The molecular weight excluding hydrogens is 625 g/mol. The molecule has 0 spiro atoms. The Morgan fingerprint density at radius 1 is 0.392 bits per heavy atom. The zero-order chi connectivity index (χ0) is 33.7. The van der Waals surface area contributed by atoms with Crippen LogP contribution in [0.2, 0.25) is 0 Å². The molecule has 9 aromatic rings. The predicted molar refractivity (Wildman–Crippen MR) is 207 cm³/mol. The van der Waals surface area contributed by atoms with Crippen molar-refractivity contribution in [2.75, 3.05) is 0 Å². The van der Waals surface area contributed by atoms with Crippen molar-refractivity contribution in [1.29, 1.82) is 0 Å². The van der Waals surface area contributed by atoms with Gasteiger partial charge in [-0.15, -0.1) is 0 Å². The number of rotatable bonds is 3. The molecule has 0 saturated carbocycles. The molecule has 0 unspecified atom stereocenters. The van der Waals surface area contributed by atoms with E-state index in [0.717, 1.165) is 78.8 Å². The fourth-order valence-corrected chi connectivity index (χ4v) is 7.43. The number of fused-ring (bicyclic) bond motifs is 9. The lowest BCUT2D eigenvalue weighted by Crippen LogP contribution is -1.99. The van der Waals surface area contributed by atoms with Gasteiger partial charge in [-0.1, -0.05) is 109 Å². The summed E-state index contributed by atoms with van der Waals surface area (Å²) in [5.41, 5.74) is 11.2. The number of nitrogens with zero attached hydrogens (tertiary/aromatic N) is 2. The van der Waals surface area contributed by atoms with Crippen molar-refractivity contribution < 1.29 is 9.47 Å². The summed E-state index contributed by atoms with van der Waals surface area (Å²) >= 11 is 0. The maximum Gasteiger partial charge on any atom is 0.136 e. The Balaban J connectivity index is 1.25. The highest BCUT2D eigenvalue weighted by Crippen LogP contribution is 2.50. The molecule has 0 aliphatic carbocycles. The van der Waals surface area contributed by atoms with Crippen molar-refractivity contribution in [2.24, 2.45) is 0 Å². The van der Waals surface area contributed by atoms with Crippen LogP contribution in [0.15, 0.2) is 182 Å². The fourth-order valence-electron chi connectivity index (χ4n) is 7.43. The molecule has 3 heterocycles. The van der Waals surface area contributed by atoms with E-state index < -0.39 is 0 Å². The van der Waals surface area contributed by atoms with E-state index in [1.165, 1.54) is 16.3 Å². The molecule has 0 fully saturated rings. The van der Waals surface area contributed by atoms with Crippen LogP contribution in [0.4, 0.5) is 0 Å². The lowest BCUT2D eigenvalue weighted by molar-refractivity contribution is 0.472. The smallest absolute Gasteiger partial charge is 0.136 e. The Hall–Kier alpha value is -6.91. The molecule has 10 rings (SSSR count). The lowest BCUT2D eigenvalue weighted by atomic mass is 9.91. The average molecular weight is 655 g/mol. The van der Waals surface area contributed by atoms with Crippen molar-refractivity contribution in [2.45, 2.75) is 0 Å². The molecule has 0 bridgehead atoms. The molecule has 1 aliphatic rings. The molecule has 4 heteroatoms. The van der Waals surface area contributed by atoms with Gasteiger partial charge in [-0.3, -0.25) is 4.98 Å². The molecule has 7 aromatic carbocycles. The highest BCUT2D eigenvalue weighted by atomic mass is 16.5. The minimum absolute atomic E-state index is 0.724. The second-order valence-corrected chi connectivity index (χ2v) is 12.7. The van der Waals surface area contributed by atoms with Gasteiger partial charge in [0.05, 0.1) is 16.7 Å². The van der Waals surface area contributed by atoms with Gasteiger partial charge in [-0.05, 0) is 77.9 Å². The van der Waals surface area contributed by atoms with Crippen LogP contribution < -0.4 is 9.47 Å². The molecule has 4 nitrogen and oxygen atoms in total. The van der Waals surface area contributed by atoms with Gasteiger partial charge >= 0.3 is 0 Å². The van der Waals surface area contributed by atoms with Crippen LogP contribution in [-0.2, 0) is 0 Å². The summed E-state index contributed by atoms with van der Waals surface area (Å²) in [4.78, 5) is 4.65. The molecule has 0 N–H and O–H groups in total. The first kappa shape index (κ1) is 29.0. The van der Waals surface area contributed by atoms with Gasteiger partial charge < -0.3 is 14.0 Å². The first-order valence-corrected chi connectivity index (χ1v) is 17.1. The van der Waals surface area contributed by atoms with Gasteiger partial charge in [0.15, 0.2) is 0 Å². The van der Waals surface area contributed by atoms with Crippen molar-refractivity contribution in [3.8, 4) is 73.3 Å². The minimum atomic E-state index is 0.724. The number of aromatic nitrogens is 2. The summed E-state index contributed by atoms with van der Waals surface area (Å²) < 4.78 is 16.3. The van der Waals surface area contributed by atoms with Gasteiger partial charge in [0.25, 0.3) is 0 Å². The van der Waals surface area contributed by atoms with Gasteiger partial charge in [0.1, 0.15) is 23.0 Å². The van der Waals surface area contributed by atoms with E-state index in [-0.39, 0.29) is 0 Å². The van der Waals surface area contributed by atoms with Crippen molar-refractivity contribution in [1.82, 2.24) is 9.55 Å². The van der Waals surface area contributed by atoms with E-state index in [2.05, 4.69) is 131 Å². The molecule has 51 heavy (non-hydrogen) atoms. The van der Waals surface area contributed by atoms with Gasteiger partial charge in [0, 0.05) is 50.5 Å². The molecular formula is C47H30N2O2. The van der Waals surface area contributed by atoms with E-state index in [0.29, 0.717) is 0 Å². The Kier molecular flexibility index (Phi) is 6.78. The van der Waals surface area contributed by atoms with Crippen LogP contribution in [0.5, 0.6) is 23.0 Å². The van der Waals surface area contributed by atoms with Gasteiger partial charge in [0.2, 0.25) is 0 Å². The van der Waals surface area contributed by atoms with Crippen LogP contribution in [0, 0.1) is 0 Å². The molecule has 0 saturated heterocycles. The third kappa shape index (κ3) is 4.88. The average Bonchev–Trinajstić information content (AvgIpc) is 3.53. The second-order valence-electron chi connectivity index (χ2n) is 12.7. The second kappa shape index (κ2) is 11.9. The largest absolute Gasteiger partial charge is 0.456 e. The van der Waals surface area contributed by atoms with Gasteiger partial charge in [-0.2, -0.15) is 0 Å². The van der Waals surface area contributed by atoms with E-state index >= 15 is 0 Å². The predicted octanol–water partition coefficient (Wildman–Crippen LogP) is 12.7. The number of pyridine rings is 1. The van der Waals surface area contributed by atoms with Crippen molar-refractivity contribution >= 4 is 21.8 Å². The first-order chi connectivity index (χ1) is 25.3. The maximum atomic E-state index is 6.98. The summed E-state index contributed by atoms with van der Waals surface area (Å²) in [7, 11) is 0. The van der Waals surface area contributed by atoms with E-state index in [9.17, 15) is 0 Å². The van der Waals surface area contributed by atoms with Crippen LogP contribution >= 0.6 is 0 Å².